The Bertz CT molecular complexity index is 90.0. The van der Waals surface area contributed by atoms with Gasteiger partial charge in [-0.25, -0.2) is 0 Å². The summed E-state index contributed by atoms with van der Waals surface area (Å²) in [6, 6.07) is 12.0. The summed E-state index contributed by atoms with van der Waals surface area (Å²) in [7, 11) is 0. The van der Waals surface area contributed by atoms with Crippen molar-refractivity contribution in [2.45, 2.75) is 0 Å². The minimum absolute atomic E-state index is 0. The summed E-state index contributed by atoms with van der Waals surface area (Å²) in [5.74, 6) is 0. The van der Waals surface area contributed by atoms with E-state index in [0.717, 1.165) is 0 Å². The first-order valence-corrected chi connectivity index (χ1v) is 2.00. The summed E-state index contributed by atoms with van der Waals surface area (Å²) in [6.07, 6.45) is 0. The van der Waals surface area contributed by atoms with E-state index in [1.165, 1.54) is 0 Å². The summed E-state index contributed by atoms with van der Waals surface area (Å²) < 4.78 is 0. The maximum atomic E-state index is 2.00. The minimum Gasteiger partial charge on any atom is -1.00 e. The Morgan fingerprint density at radius 2 is 0.556 bits per heavy atom. The van der Waals surface area contributed by atoms with Crippen LogP contribution in [0.2, 0.25) is 0 Å². The Labute approximate surface area is 127 Å². The van der Waals surface area contributed by atoms with Crippen molar-refractivity contribution in [1.82, 2.24) is 0 Å². The van der Waals surface area contributed by atoms with Gasteiger partial charge in [-0.2, -0.15) is 0 Å². The summed E-state index contributed by atoms with van der Waals surface area (Å²) in [5, 5.41) is 0. The van der Waals surface area contributed by atoms with Gasteiger partial charge in [-0.3, -0.25) is 0 Å². The summed E-state index contributed by atoms with van der Waals surface area (Å²) in [5.41, 5.74) is 0. The van der Waals surface area contributed by atoms with E-state index in [0.29, 0.717) is 0 Å². The van der Waals surface area contributed by atoms with Gasteiger partial charge in [-0.1, -0.05) is 36.4 Å². The molecule has 36 valence electrons. The number of benzene rings is 1. The zero-order valence-electron chi connectivity index (χ0n) is 9.46. The van der Waals surface area contributed by atoms with E-state index in [1.807, 2.05) is 36.4 Å². The third-order valence-electron chi connectivity index (χ3n) is 0.667. The SMILES string of the molecule is [H-].[H-].[H-].[Na+].[Na+].[Na+].c1ccccc1. The Hall–Kier alpha value is 2.22. The largest absolute Gasteiger partial charge is 1.00 e. The zero-order valence-corrected chi connectivity index (χ0v) is 12.5. The normalized spacial score (nSPS) is 5.33. The first kappa shape index (κ1) is 17.3. The van der Waals surface area contributed by atoms with Crippen LogP contribution in [0.1, 0.15) is 4.28 Å². The van der Waals surface area contributed by atoms with Gasteiger partial charge in [0.2, 0.25) is 0 Å². The zero-order chi connectivity index (χ0) is 4.24. The molecular weight excluding hydrogens is 141 g/mol. The molecular formula is C6H9Na3. The first-order chi connectivity index (χ1) is 3.00. The van der Waals surface area contributed by atoms with Crippen molar-refractivity contribution in [3.8, 4) is 0 Å². The number of rotatable bonds is 0. The Kier molecular flexibility index (Phi) is 24.8. The van der Waals surface area contributed by atoms with E-state index in [2.05, 4.69) is 0 Å². The van der Waals surface area contributed by atoms with Crippen LogP contribution < -0.4 is 88.7 Å². The molecule has 0 amide bonds. The van der Waals surface area contributed by atoms with Crippen molar-refractivity contribution in [1.29, 1.82) is 0 Å². The Morgan fingerprint density at radius 1 is 0.444 bits per heavy atom. The van der Waals surface area contributed by atoms with Crippen molar-refractivity contribution in [2.24, 2.45) is 0 Å². The average molecular weight is 150 g/mol. The predicted octanol–water partition coefficient (Wildman–Crippen LogP) is -6.96. The second kappa shape index (κ2) is 12.9. The van der Waals surface area contributed by atoms with Gasteiger partial charge in [0.05, 0.1) is 0 Å². The van der Waals surface area contributed by atoms with Gasteiger partial charge >= 0.3 is 88.7 Å². The van der Waals surface area contributed by atoms with Crippen LogP contribution in [0.4, 0.5) is 0 Å². The van der Waals surface area contributed by atoms with Gasteiger partial charge in [0.15, 0.2) is 0 Å². The molecule has 0 N–H and O–H groups in total. The fraction of sp³-hybridized carbons (Fsp3) is 0. The van der Waals surface area contributed by atoms with Crippen LogP contribution in [-0.4, -0.2) is 0 Å². The molecule has 0 nitrogen and oxygen atoms in total. The molecule has 0 heterocycles. The summed E-state index contributed by atoms with van der Waals surface area (Å²) >= 11 is 0. The van der Waals surface area contributed by atoms with E-state index in [-0.39, 0.29) is 93.0 Å². The summed E-state index contributed by atoms with van der Waals surface area (Å²) in [4.78, 5) is 0. The smallest absolute Gasteiger partial charge is 1.00 e. The third-order valence-corrected chi connectivity index (χ3v) is 0.667. The van der Waals surface area contributed by atoms with Crippen LogP contribution in [0.3, 0.4) is 0 Å². The second-order valence-electron chi connectivity index (χ2n) is 1.15. The molecule has 0 aliphatic carbocycles. The van der Waals surface area contributed by atoms with Crippen LogP contribution in [0.15, 0.2) is 36.4 Å². The standard InChI is InChI=1S/C6H6.3Na.3H/c1-2-4-6-5-3-1;;;;;;/h1-6H;;;;;;/q;3*+1;3*-1. The summed E-state index contributed by atoms with van der Waals surface area (Å²) in [6.45, 7) is 0. The Morgan fingerprint density at radius 3 is 0.667 bits per heavy atom. The van der Waals surface area contributed by atoms with Crippen molar-refractivity contribution in [3.05, 3.63) is 36.4 Å². The van der Waals surface area contributed by atoms with Crippen LogP contribution in [0, 0.1) is 0 Å². The fourth-order valence-corrected chi connectivity index (χ4v) is 0.385. The van der Waals surface area contributed by atoms with Gasteiger partial charge in [-0.05, 0) is 0 Å². The van der Waals surface area contributed by atoms with Gasteiger partial charge in [-0.15, -0.1) is 0 Å². The topological polar surface area (TPSA) is 0 Å². The average Bonchev–Trinajstić information content (AvgIpc) is 1.72. The van der Waals surface area contributed by atoms with Gasteiger partial charge < -0.3 is 4.28 Å². The van der Waals surface area contributed by atoms with Gasteiger partial charge in [0.25, 0.3) is 0 Å². The molecule has 0 unspecified atom stereocenters. The van der Waals surface area contributed by atoms with Crippen molar-refractivity contribution >= 4 is 0 Å². The van der Waals surface area contributed by atoms with E-state index in [9.17, 15) is 0 Å². The Balaban J connectivity index is -0.0000000150. The molecule has 0 spiro atoms. The number of hydrogen-bond donors (Lipinski definition) is 0. The molecule has 0 aliphatic rings. The maximum absolute atomic E-state index is 2.00. The van der Waals surface area contributed by atoms with Crippen molar-refractivity contribution in [2.75, 3.05) is 0 Å². The molecule has 0 saturated heterocycles. The van der Waals surface area contributed by atoms with Gasteiger partial charge in [0, 0.05) is 0 Å². The molecule has 1 aromatic carbocycles. The molecule has 1 aromatic rings. The van der Waals surface area contributed by atoms with Crippen molar-refractivity contribution in [3.63, 3.8) is 0 Å². The molecule has 0 aromatic heterocycles. The first-order valence-electron chi connectivity index (χ1n) is 2.00. The van der Waals surface area contributed by atoms with E-state index < -0.39 is 0 Å². The minimum atomic E-state index is 0. The molecule has 0 radical (unpaired) electrons. The van der Waals surface area contributed by atoms with E-state index >= 15 is 0 Å². The van der Waals surface area contributed by atoms with Crippen LogP contribution >= 0.6 is 0 Å². The van der Waals surface area contributed by atoms with Crippen LogP contribution in [-0.2, 0) is 0 Å². The van der Waals surface area contributed by atoms with Crippen LogP contribution in [0.25, 0.3) is 0 Å². The molecule has 0 fully saturated rings. The molecule has 9 heavy (non-hydrogen) atoms. The van der Waals surface area contributed by atoms with E-state index in [1.54, 1.807) is 0 Å². The second-order valence-corrected chi connectivity index (χ2v) is 1.15. The van der Waals surface area contributed by atoms with Crippen LogP contribution in [0.5, 0.6) is 0 Å². The molecule has 0 bridgehead atoms. The van der Waals surface area contributed by atoms with Crippen molar-refractivity contribution < 1.29 is 93.0 Å². The molecule has 0 saturated carbocycles. The maximum Gasteiger partial charge on any atom is 1.00 e. The molecule has 0 aliphatic heterocycles. The van der Waals surface area contributed by atoms with Gasteiger partial charge in [0.1, 0.15) is 0 Å². The molecule has 3 heteroatoms. The third kappa shape index (κ3) is 10.2. The van der Waals surface area contributed by atoms with E-state index in [4.69, 9.17) is 0 Å². The fourth-order valence-electron chi connectivity index (χ4n) is 0.385. The predicted molar refractivity (Wildman–Crippen MR) is 29.8 cm³/mol. The molecule has 0 atom stereocenters. The monoisotopic (exact) mass is 150 g/mol. The number of hydrogen-bond acceptors (Lipinski definition) is 0. The molecule has 1 rings (SSSR count). The quantitative estimate of drug-likeness (QED) is 0.322.